The highest BCUT2D eigenvalue weighted by Gasteiger charge is 2.24. The molecule has 1 unspecified atom stereocenters. The third kappa shape index (κ3) is 2.22. The fraction of sp³-hybridized carbons (Fsp3) is 0.250. The van der Waals surface area contributed by atoms with Crippen LogP contribution in [0.3, 0.4) is 0 Å². The SMILES string of the molecule is C=CCOc1ccc2c(c1)SC(C(=N)N)C2. The van der Waals surface area contributed by atoms with Crippen molar-refractivity contribution < 1.29 is 4.74 Å². The quantitative estimate of drug-likeness (QED) is 0.477. The fourth-order valence-corrected chi connectivity index (χ4v) is 2.81. The molecular weight excluding hydrogens is 220 g/mol. The van der Waals surface area contributed by atoms with Crippen LogP contribution >= 0.6 is 11.8 Å². The molecule has 0 fully saturated rings. The van der Waals surface area contributed by atoms with Crippen LogP contribution in [0, 0.1) is 5.41 Å². The average Bonchev–Trinajstić information content (AvgIpc) is 2.69. The molecule has 0 radical (unpaired) electrons. The van der Waals surface area contributed by atoms with Gasteiger partial charge in [-0.15, -0.1) is 11.8 Å². The van der Waals surface area contributed by atoms with Crippen molar-refractivity contribution in [2.24, 2.45) is 5.73 Å². The van der Waals surface area contributed by atoms with Gasteiger partial charge in [0.05, 0.1) is 5.25 Å². The number of rotatable bonds is 4. The fourth-order valence-electron chi connectivity index (χ4n) is 1.63. The predicted molar refractivity (Wildman–Crippen MR) is 67.4 cm³/mol. The third-order valence-corrected chi connectivity index (χ3v) is 3.77. The van der Waals surface area contributed by atoms with Gasteiger partial charge in [0, 0.05) is 4.90 Å². The lowest BCUT2D eigenvalue weighted by molar-refractivity contribution is 0.362. The van der Waals surface area contributed by atoms with E-state index in [4.69, 9.17) is 15.9 Å². The molecule has 3 N–H and O–H groups in total. The maximum atomic E-state index is 7.44. The van der Waals surface area contributed by atoms with Gasteiger partial charge in [-0.25, -0.2) is 0 Å². The Hall–Kier alpha value is -1.42. The van der Waals surface area contributed by atoms with Gasteiger partial charge in [0.25, 0.3) is 0 Å². The van der Waals surface area contributed by atoms with Crippen molar-refractivity contribution in [2.45, 2.75) is 16.6 Å². The number of hydrogen-bond donors (Lipinski definition) is 2. The number of hydrogen-bond acceptors (Lipinski definition) is 3. The molecule has 1 atom stereocenters. The minimum absolute atomic E-state index is 0.0876. The maximum Gasteiger partial charge on any atom is 0.120 e. The van der Waals surface area contributed by atoms with E-state index in [1.54, 1.807) is 17.8 Å². The minimum Gasteiger partial charge on any atom is -0.490 e. The van der Waals surface area contributed by atoms with Gasteiger partial charge >= 0.3 is 0 Å². The van der Waals surface area contributed by atoms with E-state index in [2.05, 4.69) is 6.58 Å². The first kappa shape index (κ1) is 11.1. The lowest BCUT2D eigenvalue weighted by Crippen LogP contribution is -2.24. The van der Waals surface area contributed by atoms with Crippen molar-refractivity contribution in [3.05, 3.63) is 36.4 Å². The number of amidine groups is 1. The largest absolute Gasteiger partial charge is 0.490 e. The van der Waals surface area contributed by atoms with E-state index < -0.39 is 0 Å². The van der Waals surface area contributed by atoms with Gasteiger partial charge in [-0.2, -0.15) is 0 Å². The van der Waals surface area contributed by atoms with Crippen molar-refractivity contribution in [1.82, 2.24) is 0 Å². The summed E-state index contributed by atoms with van der Waals surface area (Å²) in [6.07, 6.45) is 2.57. The van der Waals surface area contributed by atoms with Crippen LogP contribution in [0.4, 0.5) is 0 Å². The predicted octanol–water partition coefficient (Wildman–Crippen LogP) is 2.20. The normalized spacial score (nSPS) is 17.9. The first-order chi connectivity index (χ1) is 7.70. The summed E-state index contributed by atoms with van der Waals surface area (Å²) in [5, 5.41) is 7.53. The van der Waals surface area contributed by atoms with Crippen LogP contribution in [0.25, 0.3) is 0 Å². The average molecular weight is 234 g/mol. The van der Waals surface area contributed by atoms with Crippen molar-refractivity contribution in [3.63, 3.8) is 0 Å². The third-order valence-electron chi connectivity index (χ3n) is 2.43. The molecule has 1 aromatic rings. The Labute approximate surface area is 99.2 Å². The lowest BCUT2D eigenvalue weighted by Gasteiger charge is -2.05. The Balaban J connectivity index is 2.14. The summed E-state index contributed by atoms with van der Waals surface area (Å²) in [5.41, 5.74) is 6.76. The summed E-state index contributed by atoms with van der Waals surface area (Å²) in [4.78, 5) is 1.17. The molecule has 0 bridgehead atoms. The molecule has 3 nitrogen and oxygen atoms in total. The second-order valence-corrected chi connectivity index (χ2v) is 4.88. The summed E-state index contributed by atoms with van der Waals surface area (Å²) in [6.45, 7) is 4.12. The molecule has 1 aliphatic heterocycles. The van der Waals surface area contributed by atoms with E-state index in [-0.39, 0.29) is 11.1 Å². The van der Waals surface area contributed by atoms with E-state index in [0.29, 0.717) is 6.61 Å². The van der Waals surface area contributed by atoms with Gasteiger partial charge in [0.1, 0.15) is 18.2 Å². The molecule has 1 heterocycles. The van der Waals surface area contributed by atoms with Crippen LogP contribution in [0.15, 0.2) is 35.7 Å². The summed E-state index contributed by atoms with van der Waals surface area (Å²) >= 11 is 1.64. The number of ether oxygens (including phenoxy) is 1. The Morgan fingerprint density at radius 1 is 1.69 bits per heavy atom. The second-order valence-electron chi connectivity index (χ2n) is 3.64. The van der Waals surface area contributed by atoms with Crippen LogP contribution in [-0.2, 0) is 6.42 Å². The maximum absolute atomic E-state index is 7.44. The first-order valence-electron chi connectivity index (χ1n) is 5.08. The summed E-state index contributed by atoms with van der Waals surface area (Å²) in [6, 6.07) is 6.00. The standard InChI is InChI=1S/C12H14N2OS/c1-2-5-15-9-4-3-8-6-11(12(13)14)16-10(8)7-9/h2-4,7,11H,1,5-6H2,(H3,13,14). The van der Waals surface area contributed by atoms with Gasteiger partial charge in [0.15, 0.2) is 0 Å². The van der Waals surface area contributed by atoms with E-state index in [0.717, 1.165) is 12.2 Å². The van der Waals surface area contributed by atoms with E-state index in [1.807, 2.05) is 18.2 Å². The second kappa shape index (κ2) is 4.61. The van der Waals surface area contributed by atoms with E-state index in [1.165, 1.54) is 10.5 Å². The molecule has 4 heteroatoms. The lowest BCUT2D eigenvalue weighted by atomic mass is 10.1. The number of nitrogens with two attached hydrogens (primary N) is 1. The number of fused-ring (bicyclic) bond motifs is 1. The van der Waals surface area contributed by atoms with Gasteiger partial charge in [-0.3, -0.25) is 5.41 Å². The van der Waals surface area contributed by atoms with Crippen LogP contribution in [-0.4, -0.2) is 17.7 Å². The molecule has 2 rings (SSSR count). The first-order valence-corrected chi connectivity index (χ1v) is 5.96. The van der Waals surface area contributed by atoms with Crippen LogP contribution < -0.4 is 10.5 Å². The van der Waals surface area contributed by atoms with Crippen LogP contribution in [0.2, 0.25) is 0 Å². The highest BCUT2D eigenvalue weighted by atomic mass is 32.2. The zero-order valence-electron chi connectivity index (χ0n) is 8.90. The van der Waals surface area contributed by atoms with Crippen LogP contribution in [0.5, 0.6) is 5.75 Å². The monoisotopic (exact) mass is 234 g/mol. The molecule has 84 valence electrons. The Morgan fingerprint density at radius 3 is 3.19 bits per heavy atom. The zero-order valence-corrected chi connectivity index (χ0v) is 9.72. The van der Waals surface area contributed by atoms with Crippen molar-refractivity contribution in [2.75, 3.05) is 6.61 Å². The molecule has 1 aromatic carbocycles. The molecule has 1 aliphatic rings. The van der Waals surface area contributed by atoms with Gasteiger partial charge in [0.2, 0.25) is 0 Å². The van der Waals surface area contributed by atoms with Crippen LogP contribution in [0.1, 0.15) is 5.56 Å². The van der Waals surface area contributed by atoms with Crippen molar-refractivity contribution >= 4 is 17.6 Å². The number of nitrogens with one attached hydrogen (secondary N) is 1. The Bertz CT molecular complexity index is 431. The molecule has 0 aliphatic carbocycles. The summed E-state index contributed by atoms with van der Waals surface area (Å²) in [7, 11) is 0. The molecule has 0 aromatic heterocycles. The smallest absolute Gasteiger partial charge is 0.120 e. The van der Waals surface area contributed by atoms with Crippen molar-refractivity contribution in [3.8, 4) is 5.75 Å². The van der Waals surface area contributed by atoms with Gasteiger partial charge in [-0.1, -0.05) is 18.7 Å². The molecule has 0 spiro atoms. The number of thioether (sulfide) groups is 1. The Kier molecular flexibility index (Phi) is 3.19. The molecular formula is C12H14N2OS. The number of benzene rings is 1. The zero-order chi connectivity index (χ0) is 11.5. The van der Waals surface area contributed by atoms with Gasteiger partial charge in [-0.05, 0) is 24.1 Å². The molecule has 0 amide bonds. The highest BCUT2D eigenvalue weighted by molar-refractivity contribution is 8.01. The Morgan fingerprint density at radius 2 is 2.50 bits per heavy atom. The van der Waals surface area contributed by atoms with Crippen molar-refractivity contribution in [1.29, 1.82) is 5.41 Å². The van der Waals surface area contributed by atoms with E-state index in [9.17, 15) is 0 Å². The minimum atomic E-state index is 0.0876. The molecule has 0 saturated heterocycles. The van der Waals surface area contributed by atoms with Gasteiger partial charge < -0.3 is 10.5 Å². The van der Waals surface area contributed by atoms with E-state index >= 15 is 0 Å². The summed E-state index contributed by atoms with van der Waals surface area (Å²) in [5.74, 6) is 1.09. The summed E-state index contributed by atoms with van der Waals surface area (Å²) < 4.78 is 5.46. The highest BCUT2D eigenvalue weighted by Crippen LogP contribution is 2.38. The molecule has 0 saturated carbocycles. The molecule has 16 heavy (non-hydrogen) atoms. The topological polar surface area (TPSA) is 59.1 Å².